The molecule has 0 radical (unpaired) electrons. The van der Waals surface area contributed by atoms with Crippen molar-refractivity contribution in [2.45, 2.75) is 26.7 Å². The number of hydrogen-bond acceptors (Lipinski definition) is 4. The molecular formula is C15H22N2O3S. The summed E-state index contributed by atoms with van der Waals surface area (Å²) in [6, 6.07) is 5.43. The smallest absolute Gasteiger partial charge is 0.242 e. The van der Waals surface area contributed by atoms with Gasteiger partial charge in [-0.2, -0.15) is 0 Å². The summed E-state index contributed by atoms with van der Waals surface area (Å²) in [4.78, 5) is 13.9. The second-order valence-corrected chi connectivity index (χ2v) is 8.05. The highest BCUT2D eigenvalue weighted by Crippen LogP contribution is 2.31. The van der Waals surface area contributed by atoms with Crippen LogP contribution < -0.4 is 10.6 Å². The number of hydrogen-bond donors (Lipinski definition) is 1. The van der Waals surface area contributed by atoms with Crippen LogP contribution in [0.3, 0.4) is 0 Å². The average Bonchev–Trinajstić information content (AvgIpc) is 2.36. The summed E-state index contributed by atoms with van der Waals surface area (Å²) in [6.07, 6.45) is 1.63. The quantitative estimate of drug-likeness (QED) is 0.857. The van der Waals surface area contributed by atoms with E-state index in [1.807, 2.05) is 26.0 Å². The van der Waals surface area contributed by atoms with E-state index < -0.39 is 15.6 Å². The lowest BCUT2D eigenvalue weighted by Crippen LogP contribution is -2.40. The number of nitrogens with zero attached hydrogens (tertiary/aromatic N) is 1. The van der Waals surface area contributed by atoms with Crippen molar-refractivity contribution < 1.29 is 13.2 Å². The number of nitrogen functional groups attached to an aromatic ring is 1. The molecule has 0 bridgehead atoms. The normalized spacial score (nSPS) is 15.1. The van der Waals surface area contributed by atoms with Crippen molar-refractivity contribution in [2.24, 2.45) is 5.92 Å². The Balaban J connectivity index is 2.21. The van der Waals surface area contributed by atoms with E-state index in [9.17, 15) is 13.2 Å². The minimum atomic E-state index is -3.36. The van der Waals surface area contributed by atoms with Crippen LogP contribution in [0, 0.1) is 5.92 Å². The van der Waals surface area contributed by atoms with Crippen molar-refractivity contribution in [2.75, 3.05) is 28.7 Å². The monoisotopic (exact) mass is 310 g/mol. The predicted molar refractivity (Wildman–Crippen MR) is 85.0 cm³/mol. The highest BCUT2D eigenvalue weighted by Gasteiger charge is 2.27. The Hall–Kier alpha value is -1.56. The lowest BCUT2D eigenvalue weighted by atomic mass is 10.00. The van der Waals surface area contributed by atoms with E-state index >= 15 is 0 Å². The Morgan fingerprint density at radius 3 is 2.76 bits per heavy atom. The van der Waals surface area contributed by atoms with Crippen LogP contribution >= 0.6 is 0 Å². The Labute approximate surface area is 126 Å². The van der Waals surface area contributed by atoms with Gasteiger partial charge in [-0.3, -0.25) is 4.79 Å². The molecule has 0 spiro atoms. The fourth-order valence-corrected chi connectivity index (χ4v) is 4.41. The maximum Gasteiger partial charge on any atom is 0.242 e. The van der Waals surface area contributed by atoms with E-state index in [-0.39, 0.29) is 17.6 Å². The number of carbonyl (C=O) groups is 1. The third-order valence-electron chi connectivity index (χ3n) is 3.52. The molecule has 0 unspecified atom stereocenters. The molecule has 2 rings (SSSR count). The van der Waals surface area contributed by atoms with Gasteiger partial charge in [0.25, 0.3) is 0 Å². The minimum absolute atomic E-state index is 0.0205. The molecule has 1 heterocycles. The van der Waals surface area contributed by atoms with Crippen LogP contribution in [0.15, 0.2) is 18.2 Å². The first-order valence-corrected chi connectivity index (χ1v) is 9.00. The van der Waals surface area contributed by atoms with Crippen molar-refractivity contribution in [3.63, 3.8) is 0 Å². The van der Waals surface area contributed by atoms with Crippen molar-refractivity contribution >= 4 is 27.1 Å². The van der Waals surface area contributed by atoms with Gasteiger partial charge in [-0.25, -0.2) is 8.42 Å². The molecule has 1 aliphatic heterocycles. The summed E-state index contributed by atoms with van der Waals surface area (Å²) in [7, 11) is -3.36. The number of fused-ring (bicyclic) bond motifs is 1. The fourth-order valence-electron chi connectivity index (χ4n) is 2.74. The molecule has 5 nitrogen and oxygen atoms in total. The lowest BCUT2D eigenvalue weighted by Gasteiger charge is -2.30. The van der Waals surface area contributed by atoms with E-state index in [4.69, 9.17) is 5.73 Å². The van der Waals surface area contributed by atoms with E-state index in [0.29, 0.717) is 12.2 Å². The zero-order valence-corrected chi connectivity index (χ0v) is 13.3. The largest absolute Gasteiger partial charge is 0.398 e. The van der Waals surface area contributed by atoms with Crippen LogP contribution in [0.25, 0.3) is 0 Å². The maximum atomic E-state index is 12.4. The molecule has 1 aromatic rings. The summed E-state index contributed by atoms with van der Waals surface area (Å²) < 4.78 is 24.0. The molecule has 0 atom stereocenters. The second-order valence-electron chi connectivity index (χ2n) is 5.94. The van der Waals surface area contributed by atoms with Crippen LogP contribution in [-0.4, -0.2) is 32.4 Å². The van der Waals surface area contributed by atoms with Gasteiger partial charge in [-0.1, -0.05) is 19.9 Å². The summed E-state index contributed by atoms with van der Waals surface area (Å²) in [5.74, 6) is -0.732. The van der Waals surface area contributed by atoms with Crippen molar-refractivity contribution in [3.8, 4) is 0 Å². The number of rotatable bonds is 4. The Kier molecular flexibility index (Phi) is 4.56. The molecule has 6 heteroatoms. The van der Waals surface area contributed by atoms with Gasteiger partial charge in [0.2, 0.25) is 5.91 Å². The van der Waals surface area contributed by atoms with Crippen LogP contribution in [0.2, 0.25) is 0 Å². The number of sulfone groups is 1. The Morgan fingerprint density at radius 1 is 1.38 bits per heavy atom. The molecule has 21 heavy (non-hydrogen) atoms. The van der Waals surface area contributed by atoms with E-state index in [2.05, 4.69) is 0 Å². The van der Waals surface area contributed by atoms with Crippen LogP contribution in [-0.2, 0) is 21.1 Å². The first kappa shape index (κ1) is 15.8. The van der Waals surface area contributed by atoms with E-state index in [0.717, 1.165) is 24.1 Å². The lowest BCUT2D eigenvalue weighted by molar-refractivity contribution is -0.116. The molecule has 0 fully saturated rings. The van der Waals surface area contributed by atoms with Gasteiger partial charge in [0.1, 0.15) is 5.75 Å². The van der Waals surface area contributed by atoms with Gasteiger partial charge in [-0.15, -0.1) is 0 Å². The van der Waals surface area contributed by atoms with E-state index in [1.165, 1.54) is 0 Å². The fraction of sp³-hybridized carbons (Fsp3) is 0.533. The molecular weight excluding hydrogens is 288 g/mol. The minimum Gasteiger partial charge on any atom is -0.398 e. The van der Waals surface area contributed by atoms with Crippen molar-refractivity contribution in [1.82, 2.24) is 0 Å². The first-order chi connectivity index (χ1) is 9.80. The maximum absolute atomic E-state index is 12.4. The van der Waals surface area contributed by atoms with Gasteiger partial charge in [-0.05, 0) is 36.5 Å². The van der Waals surface area contributed by atoms with Crippen LogP contribution in [0.5, 0.6) is 0 Å². The number of nitrogens with two attached hydrogens (primary N) is 1. The molecule has 0 aromatic heterocycles. The third kappa shape index (κ3) is 3.75. The highest BCUT2D eigenvalue weighted by molar-refractivity contribution is 7.92. The van der Waals surface area contributed by atoms with Gasteiger partial charge < -0.3 is 10.6 Å². The van der Waals surface area contributed by atoms with Gasteiger partial charge in [0.05, 0.1) is 5.75 Å². The van der Waals surface area contributed by atoms with E-state index in [1.54, 1.807) is 11.0 Å². The number of amides is 1. The van der Waals surface area contributed by atoms with Crippen LogP contribution in [0.4, 0.5) is 11.4 Å². The molecule has 1 amide bonds. The Morgan fingerprint density at radius 2 is 2.10 bits per heavy atom. The van der Waals surface area contributed by atoms with Gasteiger partial charge in [0, 0.05) is 17.9 Å². The summed E-state index contributed by atoms with van der Waals surface area (Å²) >= 11 is 0. The first-order valence-electron chi connectivity index (χ1n) is 7.18. The van der Waals surface area contributed by atoms with Gasteiger partial charge in [0.15, 0.2) is 9.84 Å². The molecule has 0 saturated carbocycles. The third-order valence-corrected chi connectivity index (χ3v) is 5.38. The predicted octanol–water partition coefficient (Wildman–Crippen LogP) is 1.62. The molecule has 2 N–H and O–H groups in total. The SMILES string of the molecule is CC(C)CS(=O)(=O)CC(=O)N1CCCc2c(N)cccc21. The number of anilines is 2. The van der Waals surface area contributed by atoms with Crippen LogP contribution in [0.1, 0.15) is 25.8 Å². The second kappa shape index (κ2) is 6.05. The summed E-state index contributed by atoms with van der Waals surface area (Å²) in [5.41, 5.74) is 8.30. The Bertz CT molecular complexity index is 638. The number of benzene rings is 1. The van der Waals surface area contributed by atoms with Crippen molar-refractivity contribution in [1.29, 1.82) is 0 Å². The topological polar surface area (TPSA) is 80.5 Å². The summed E-state index contributed by atoms with van der Waals surface area (Å²) in [5, 5.41) is 0. The zero-order chi connectivity index (χ0) is 15.6. The summed E-state index contributed by atoms with van der Waals surface area (Å²) in [6.45, 7) is 4.21. The molecule has 0 aliphatic carbocycles. The molecule has 1 aromatic carbocycles. The highest BCUT2D eigenvalue weighted by atomic mass is 32.2. The molecule has 1 aliphatic rings. The van der Waals surface area contributed by atoms with Gasteiger partial charge >= 0.3 is 0 Å². The zero-order valence-electron chi connectivity index (χ0n) is 12.5. The van der Waals surface area contributed by atoms with Crippen molar-refractivity contribution in [3.05, 3.63) is 23.8 Å². The number of carbonyl (C=O) groups excluding carboxylic acids is 1. The molecule has 0 saturated heterocycles. The standard InChI is InChI=1S/C15H22N2O3S/c1-11(2)9-21(19,20)10-15(18)17-8-4-5-12-13(16)6-3-7-14(12)17/h3,6-7,11H,4-5,8-10,16H2,1-2H3. The molecule has 116 valence electrons. The average molecular weight is 310 g/mol.